The number of piperidine rings is 1. The highest BCUT2D eigenvalue weighted by Crippen LogP contribution is 2.28. The number of para-hydroxylation sites is 1. The summed E-state index contributed by atoms with van der Waals surface area (Å²) in [5, 5.41) is 3.38. The molecule has 1 saturated heterocycles. The van der Waals surface area contributed by atoms with Gasteiger partial charge >= 0.3 is 0 Å². The first-order valence-electron chi connectivity index (χ1n) is 5.93. The Morgan fingerprint density at radius 3 is 2.81 bits per heavy atom. The van der Waals surface area contributed by atoms with Gasteiger partial charge in [0.25, 0.3) is 0 Å². The van der Waals surface area contributed by atoms with E-state index in [4.69, 9.17) is 10.5 Å². The molecule has 88 valence electrons. The SMILES string of the molecule is COc1cccc(CC2CCNCC2)c1N. The van der Waals surface area contributed by atoms with Crippen LogP contribution in [0, 0.1) is 5.92 Å². The second-order valence-corrected chi connectivity index (χ2v) is 4.43. The van der Waals surface area contributed by atoms with Crippen LogP contribution in [-0.4, -0.2) is 20.2 Å². The van der Waals surface area contributed by atoms with E-state index in [0.717, 1.165) is 36.9 Å². The number of methoxy groups -OCH3 is 1. The summed E-state index contributed by atoms with van der Waals surface area (Å²) in [6.07, 6.45) is 3.57. The highest BCUT2D eigenvalue weighted by molar-refractivity contribution is 5.58. The normalized spacial score (nSPS) is 17.3. The first-order chi connectivity index (χ1) is 7.81. The third kappa shape index (κ3) is 2.47. The van der Waals surface area contributed by atoms with Crippen molar-refractivity contribution in [2.24, 2.45) is 5.92 Å². The van der Waals surface area contributed by atoms with Crippen LogP contribution in [-0.2, 0) is 6.42 Å². The van der Waals surface area contributed by atoms with Gasteiger partial charge in [-0.05, 0) is 49.9 Å². The highest BCUT2D eigenvalue weighted by atomic mass is 16.5. The molecule has 0 aliphatic carbocycles. The third-order valence-electron chi connectivity index (χ3n) is 3.34. The lowest BCUT2D eigenvalue weighted by Gasteiger charge is -2.23. The molecule has 2 rings (SSSR count). The molecule has 0 saturated carbocycles. The van der Waals surface area contributed by atoms with E-state index in [1.807, 2.05) is 12.1 Å². The highest BCUT2D eigenvalue weighted by Gasteiger charge is 2.15. The van der Waals surface area contributed by atoms with Crippen molar-refractivity contribution in [3.63, 3.8) is 0 Å². The van der Waals surface area contributed by atoms with Gasteiger partial charge < -0.3 is 15.8 Å². The number of rotatable bonds is 3. The molecule has 0 atom stereocenters. The van der Waals surface area contributed by atoms with Gasteiger partial charge in [0.1, 0.15) is 5.75 Å². The van der Waals surface area contributed by atoms with Gasteiger partial charge in [0.05, 0.1) is 12.8 Å². The maximum absolute atomic E-state index is 6.07. The second-order valence-electron chi connectivity index (χ2n) is 4.43. The van der Waals surface area contributed by atoms with E-state index in [1.54, 1.807) is 7.11 Å². The summed E-state index contributed by atoms with van der Waals surface area (Å²) in [4.78, 5) is 0. The Kier molecular flexibility index (Phi) is 3.67. The molecule has 16 heavy (non-hydrogen) atoms. The lowest BCUT2D eigenvalue weighted by molar-refractivity contribution is 0.372. The van der Waals surface area contributed by atoms with E-state index in [2.05, 4.69) is 11.4 Å². The van der Waals surface area contributed by atoms with Crippen LogP contribution in [0.5, 0.6) is 5.75 Å². The molecule has 0 aromatic heterocycles. The zero-order valence-corrected chi connectivity index (χ0v) is 9.83. The molecular weight excluding hydrogens is 200 g/mol. The molecule has 1 aromatic carbocycles. The summed E-state index contributed by atoms with van der Waals surface area (Å²) in [7, 11) is 1.67. The van der Waals surface area contributed by atoms with Gasteiger partial charge in [-0.15, -0.1) is 0 Å². The van der Waals surface area contributed by atoms with E-state index in [-0.39, 0.29) is 0 Å². The third-order valence-corrected chi connectivity index (χ3v) is 3.34. The predicted octanol–water partition coefficient (Wildman–Crippen LogP) is 1.82. The number of hydrogen-bond acceptors (Lipinski definition) is 3. The topological polar surface area (TPSA) is 47.3 Å². The van der Waals surface area contributed by atoms with Gasteiger partial charge in [-0.2, -0.15) is 0 Å². The largest absolute Gasteiger partial charge is 0.495 e. The molecular formula is C13H20N2O. The first kappa shape index (κ1) is 11.3. The monoisotopic (exact) mass is 220 g/mol. The Balaban J connectivity index is 2.08. The van der Waals surface area contributed by atoms with Crippen LogP contribution in [0.4, 0.5) is 5.69 Å². The molecule has 0 bridgehead atoms. The minimum Gasteiger partial charge on any atom is -0.495 e. The molecule has 1 aromatic rings. The van der Waals surface area contributed by atoms with Gasteiger partial charge in [-0.1, -0.05) is 12.1 Å². The number of nitrogens with one attached hydrogen (secondary N) is 1. The molecule has 0 spiro atoms. The molecule has 1 aliphatic heterocycles. The van der Waals surface area contributed by atoms with Crippen LogP contribution < -0.4 is 15.8 Å². The lowest BCUT2D eigenvalue weighted by Crippen LogP contribution is -2.28. The molecule has 1 aliphatic rings. The van der Waals surface area contributed by atoms with Crippen LogP contribution in [0.3, 0.4) is 0 Å². The summed E-state index contributed by atoms with van der Waals surface area (Å²) in [5.74, 6) is 1.56. The van der Waals surface area contributed by atoms with Crippen molar-refractivity contribution in [1.82, 2.24) is 5.32 Å². The van der Waals surface area contributed by atoms with Crippen molar-refractivity contribution in [1.29, 1.82) is 0 Å². The van der Waals surface area contributed by atoms with E-state index >= 15 is 0 Å². The first-order valence-corrected chi connectivity index (χ1v) is 5.93. The van der Waals surface area contributed by atoms with Crippen molar-refractivity contribution in [2.45, 2.75) is 19.3 Å². The molecule has 0 radical (unpaired) electrons. The van der Waals surface area contributed by atoms with Crippen LogP contribution in [0.1, 0.15) is 18.4 Å². The fourth-order valence-corrected chi connectivity index (χ4v) is 2.34. The van der Waals surface area contributed by atoms with Crippen molar-refractivity contribution in [2.75, 3.05) is 25.9 Å². The lowest BCUT2D eigenvalue weighted by atomic mass is 9.90. The van der Waals surface area contributed by atoms with Crippen LogP contribution in [0.15, 0.2) is 18.2 Å². The average molecular weight is 220 g/mol. The Morgan fingerprint density at radius 2 is 2.12 bits per heavy atom. The number of nitrogen functional groups attached to an aromatic ring is 1. The Morgan fingerprint density at radius 1 is 1.38 bits per heavy atom. The van der Waals surface area contributed by atoms with Gasteiger partial charge in [-0.3, -0.25) is 0 Å². The summed E-state index contributed by atoms with van der Waals surface area (Å²) in [5.41, 5.74) is 8.11. The Hall–Kier alpha value is -1.22. The maximum atomic E-state index is 6.07. The molecule has 0 amide bonds. The fourth-order valence-electron chi connectivity index (χ4n) is 2.34. The number of anilines is 1. The molecule has 0 unspecified atom stereocenters. The Labute approximate surface area is 97.0 Å². The zero-order chi connectivity index (χ0) is 11.4. The van der Waals surface area contributed by atoms with Crippen molar-refractivity contribution in [3.05, 3.63) is 23.8 Å². The van der Waals surface area contributed by atoms with E-state index in [1.165, 1.54) is 18.4 Å². The minimum absolute atomic E-state index is 0.760. The van der Waals surface area contributed by atoms with Gasteiger partial charge in [0, 0.05) is 0 Å². The van der Waals surface area contributed by atoms with E-state index in [9.17, 15) is 0 Å². The van der Waals surface area contributed by atoms with Gasteiger partial charge in [0.2, 0.25) is 0 Å². The number of hydrogen-bond donors (Lipinski definition) is 2. The second kappa shape index (κ2) is 5.21. The molecule has 3 heteroatoms. The van der Waals surface area contributed by atoms with Crippen molar-refractivity contribution < 1.29 is 4.74 Å². The van der Waals surface area contributed by atoms with E-state index in [0.29, 0.717) is 0 Å². The summed E-state index contributed by atoms with van der Waals surface area (Å²) >= 11 is 0. The van der Waals surface area contributed by atoms with Crippen LogP contribution in [0.25, 0.3) is 0 Å². The van der Waals surface area contributed by atoms with E-state index < -0.39 is 0 Å². The maximum Gasteiger partial charge on any atom is 0.142 e. The number of ether oxygens (including phenoxy) is 1. The Bertz CT molecular complexity index is 346. The van der Waals surface area contributed by atoms with Crippen molar-refractivity contribution in [3.8, 4) is 5.75 Å². The summed E-state index contributed by atoms with van der Waals surface area (Å²) in [6.45, 7) is 2.27. The van der Waals surface area contributed by atoms with Gasteiger partial charge in [-0.25, -0.2) is 0 Å². The summed E-state index contributed by atoms with van der Waals surface area (Å²) in [6, 6.07) is 6.05. The number of benzene rings is 1. The molecule has 3 N–H and O–H groups in total. The van der Waals surface area contributed by atoms with Crippen molar-refractivity contribution >= 4 is 5.69 Å². The number of nitrogens with two attached hydrogens (primary N) is 1. The predicted molar refractivity (Wildman–Crippen MR) is 66.7 cm³/mol. The smallest absolute Gasteiger partial charge is 0.142 e. The van der Waals surface area contributed by atoms with Gasteiger partial charge in [0.15, 0.2) is 0 Å². The standard InChI is InChI=1S/C13H20N2O/c1-16-12-4-2-3-11(13(12)14)9-10-5-7-15-8-6-10/h2-4,10,15H,5-9,14H2,1H3. The summed E-state index contributed by atoms with van der Waals surface area (Å²) < 4.78 is 5.24. The molecule has 1 fully saturated rings. The minimum atomic E-state index is 0.760. The van der Waals surface area contributed by atoms with Crippen LogP contribution in [0.2, 0.25) is 0 Å². The van der Waals surface area contributed by atoms with Crippen LogP contribution >= 0.6 is 0 Å². The zero-order valence-electron chi connectivity index (χ0n) is 9.83. The average Bonchev–Trinajstić information content (AvgIpc) is 2.33. The quantitative estimate of drug-likeness (QED) is 0.764. The fraction of sp³-hybridized carbons (Fsp3) is 0.538. The molecule has 3 nitrogen and oxygen atoms in total. The molecule has 1 heterocycles.